The summed E-state index contributed by atoms with van der Waals surface area (Å²) in [4.78, 5) is 24.9. The number of anilines is 1. The summed E-state index contributed by atoms with van der Waals surface area (Å²) in [5.74, 6) is 1.43. The number of hydrogen-bond acceptors (Lipinski definition) is 5. The van der Waals surface area contributed by atoms with Crippen LogP contribution in [0.1, 0.15) is 0 Å². The molecule has 2 aromatic heterocycles. The van der Waals surface area contributed by atoms with Gasteiger partial charge in [-0.15, -0.1) is 0 Å². The van der Waals surface area contributed by atoms with E-state index in [-0.39, 0.29) is 5.56 Å². The van der Waals surface area contributed by atoms with Crippen LogP contribution < -0.4 is 10.9 Å². The van der Waals surface area contributed by atoms with Gasteiger partial charge in [0.15, 0.2) is 11.2 Å². The highest BCUT2D eigenvalue weighted by Gasteiger charge is 2.04. The van der Waals surface area contributed by atoms with Crippen LogP contribution in [0, 0.1) is 0 Å². The molecular formula is C8H11N5OS. The van der Waals surface area contributed by atoms with E-state index in [0.29, 0.717) is 17.1 Å². The van der Waals surface area contributed by atoms with E-state index in [1.165, 1.54) is 6.33 Å². The topological polar surface area (TPSA) is 86.5 Å². The lowest BCUT2D eigenvalue weighted by Crippen LogP contribution is -2.14. The molecule has 0 spiro atoms. The van der Waals surface area contributed by atoms with Gasteiger partial charge in [0.05, 0.1) is 6.33 Å². The Labute approximate surface area is 89.9 Å². The van der Waals surface area contributed by atoms with Crippen molar-refractivity contribution in [1.82, 2.24) is 19.9 Å². The Bertz CT molecular complexity index is 505. The third kappa shape index (κ3) is 2.12. The molecular weight excluding hydrogens is 214 g/mol. The lowest BCUT2D eigenvalue weighted by molar-refractivity contribution is 1.09. The van der Waals surface area contributed by atoms with E-state index in [1.54, 1.807) is 11.8 Å². The van der Waals surface area contributed by atoms with Gasteiger partial charge >= 0.3 is 0 Å². The number of rotatable bonds is 4. The molecule has 0 aliphatic heterocycles. The summed E-state index contributed by atoms with van der Waals surface area (Å²) >= 11 is 1.73. The van der Waals surface area contributed by atoms with Gasteiger partial charge < -0.3 is 10.3 Å². The van der Waals surface area contributed by atoms with Crippen LogP contribution in [0.2, 0.25) is 0 Å². The van der Waals surface area contributed by atoms with Gasteiger partial charge in [-0.25, -0.2) is 4.98 Å². The normalized spacial score (nSPS) is 10.7. The molecule has 6 nitrogen and oxygen atoms in total. The molecule has 3 N–H and O–H groups in total. The fourth-order valence-electron chi connectivity index (χ4n) is 1.20. The van der Waals surface area contributed by atoms with Crippen molar-refractivity contribution in [1.29, 1.82) is 0 Å². The summed E-state index contributed by atoms with van der Waals surface area (Å²) < 4.78 is 0. The van der Waals surface area contributed by atoms with Crippen LogP contribution in [0.3, 0.4) is 0 Å². The zero-order valence-electron chi connectivity index (χ0n) is 8.20. The summed E-state index contributed by atoms with van der Waals surface area (Å²) in [5, 5.41) is 3.03. The first kappa shape index (κ1) is 10.0. The molecule has 0 amide bonds. The van der Waals surface area contributed by atoms with Crippen LogP contribution in [-0.4, -0.2) is 38.5 Å². The molecule has 2 aromatic rings. The molecule has 2 heterocycles. The van der Waals surface area contributed by atoms with Gasteiger partial charge in [-0.05, 0) is 6.26 Å². The Kier molecular flexibility index (Phi) is 2.91. The molecule has 0 saturated heterocycles. The number of aromatic amines is 2. The van der Waals surface area contributed by atoms with Crippen molar-refractivity contribution < 1.29 is 0 Å². The van der Waals surface area contributed by atoms with E-state index < -0.39 is 0 Å². The average molecular weight is 225 g/mol. The molecule has 0 aromatic carbocycles. The number of imidazole rings is 1. The Morgan fingerprint density at radius 1 is 1.60 bits per heavy atom. The van der Waals surface area contributed by atoms with Crippen LogP contribution in [0.5, 0.6) is 0 Å². The molecule has 7 heteroatoms. The van der Waals surface area contributed by atoms with E-state index in [9.17, 15) is 4.79 Å². The number of H-pyrrole nitrogens is 2. The summed E-state index contributed by atoms with van der Waals surface area (Å²) in [5.41, 5.74) is 0.639. The van der Waals surface area contributed by atoms with Crippen molar-refractivity contribution in [2.24, 2.45) is 0 Å². The molecule has 15 heavy (non-hydrogen) atoms. The molecule has 0 radical (unpaired) electrons. The quantitative estimate of drug-likeness (QED) is 0.656. The Hall–Kier alpha value is -1.50. The SMILES string of the molecule is CSCCNc1nc2nc[nH]c2c(=O)[nH]1. The van der Waals surface area contributed by atoms with Crippen molar-refractivity contribution in [3.8, 4) is 0 Å². The smallest absolute Gasteiger partial charge is 0.278 e. The van der Waals surface area contributed by atoms with Crippen molar-refractivity contribution >= 4 is 28.9 Å². The summed E-state index contributed by atoms with van der Waals surface area (Å²) in [6, 6.07) is 0. The largest absolute Gasteiger partial charge is 0.355 e. The van der Waals surface area contributed by atoms with Gasteiger partial charge in [-0.1, -0.05) is 0 Å². The minimum Gasteiger partial charge on any atom is -0.355 e. The van der Waals surface area contributed by atoms with Gasteiger partial charge in [-0.3, -0.25) is 9.78 Å². The maximum absolute atomic E-state index is 11.5. The summed E-state index contributed by atoms with van der Waals surface area (Å²) in [6.07, 6.45) is 3.48. The molecule has 0 bridgehead atoms. The first-order valence-corrected chi connectivity index (χ1v) is 5.87. The second-order valence-electron chi connectivity index (χ2n) is 2.94. The fraction of sp³-hybridized carbons (Fsp3) is 0.375. The number of aromatic nitrogens is 4. The predicted octanol–water partition coefficient (Wildman–Crippen LogP) is 0.421. The average Bonchev–Trinajstić information content (AvgIpc) is 2.66. The van der Waals surface area contributed by atoms with Crippen LogP contribution in [0.4, 0.5) is 5.95 Å². The van der Waals surface area contributed by atoms with Gasteiger partial charge in [0.1, 0.15) is 0 Å². The van der Waals surface area contributed by atoms with Crippen molar-refractivity contribution in [2.45, 2.75) is 0 Å². The third-order valence-electron chi connectivity index (χ3n) is 1.89. The zero-order chi connectivity index (χ0) is 10.7. The fourth-order valence-corrected chi connectivity index (χ4v) is 1.50. The third-order valence-corrected chi connectivity index (χ3v) is 2.51. The van der Waals surface area contributed by atoms with Crippen LogP contribution in [0.25, 0.3) is 11.2 Å². The van der Waals surface area contributed by atoms with E-state index in [2.05, 4.69) is 25.3 Å². The van der Waals surface area contributed by atoms with Crippen LogP contribution in [-0.2, 0) is 0 Å². The first-order chi connectivity index (χ1) is 7.31. The highest BCUT2D eigenvalue weighted by Crippen LogP contribution is 2.02. The molecule has 0 saturated carbocycles. The Balaban J connectivity index is 2.25. The molecule has 0 unspecified atom stereocenters. The van der Waals surface area contributed by atoms with Crippen molar-refractivity contribution in [3.05, 3.63) is 16.7 Å². The Morgan fingerprint density at radius 3 is 3.27 bits per heavy atom. The van der Waals surface area contributed by atoms with Crippen molar-refractivity contribution in [2.75, 3.05) is 23.9 Å². The predicted molar refractivity (Wildman–Crippen MR) is 61.4 cm³/mol. The standard InChI is InChI=1S/C8H11N5OS/c1-15-3-2-9-8-12-6-5(7(14)13-8)10-4-11-6/h4H,2-3H2,1H3,(H3,9,10,11,12,13,14). The summed E-state index contributed by atoms with van der Waals surface area (Å²) in [7, 11) is 0. The second-order valence-corrected chi connectivity index (χ2v) is 3.92. The monoisotopic (exact) mass is 225 g/mol. The van der Waals surface area contributed by atoms with E-state index in [4.69, 9.17) is 0 Å². The van der Waals surface area contributed by atoms with Crippen LogP contribution >= 0.6 is 11.8 Å². The summed E-state index contributed by atoms with van der Waals surface area (Å²) in [6.45, 7) is 0.764. The molecule has 0 fully saturated rings. The van der Waals surface area contributed by atoms with E-state index in [1.807, 2.05) is 6.26 Å². The molecule has 0 aliphatic carbocycles. The highest BCUT2D eigenvalue weighted by atomic mass is 32.2. The lowest BCUT2D eigenvalue weighted by Gasteiger charge is -2.02. The highest BCUT2D eigenvalue weighted by molar-refractivity contribution is 7.98. The van der Waals surface area contributed by atoms with Gasteiger partial charge in [0.25, 0.3) is 5.56 Å². The minimum absolute atomic E-state index is 0.204. The van der Waals surface area contributed by atoms with E-state index in [0.717, 1.165) is 12.3 Å². The molecule has 0 aliphatic rings. The number of nitrogens with zero attached hydrogens (tertiary/aromatic N) is 2. The molecule has 2 rings (SSSR count). The van der Waals surface area contributed by atoms with Crippen molar-refractivity contribution in [3.63, 3.8) is 0 Å². The number of fused-ring (bicyclic) bond motifs is 1. The van der Waals surface area contributed by atoms with Gasteiger partial charge in [0, 0.05) is 12.3 Å². The zero-order valence-corrected chi connectivity index (χ0v) is 9.02. The lowest BCUT2D eigenvalue weighted by atomic mass is 10.5. The maximum Gasteiger partial charge on any atom is 0.278 e. The Morgan fingerprint density at radius 2 is 2.47 bits per heavy atom. The first-order valence-electron chi connectivity index (χ1n) is 4.47. The van der Waals surface area contributed by atoms with Gasteiger partial charge in [-0.2, -0.15) is 16.7 Å². The second kappa shape index (κ2) is 4.35. The maximum atomic E-state index is 11.5. The minimum atomic E-state index is -0.204. The van der Waals surface area contributed by atoms with E-state index >= 15 is 0 Å². The molecule has 80 valence electrons. The van der Waals surface area contributed by atoms with Crippen LogP contribution in [0.15, 0.2) is 11.1 Å². The number of nitrogens with one attached hydrogen (secondary N) is 3. The molecule has 0 atom stereocenters. The number of hydrogen-bond donors (Lipinski definition) is 3. The van der Waals surface area contributed by atoms with Gasteiger partial charge in [0.2, 0.25) is 5.95 Å². The number of thioether (sulfide) groups is 1.